The SMILES string of the molecule is CC[C@H](C)NC(=O)[C@@H](C)NC(=O)NCCNC(=O)C1CC1. The lowest BCUT2D eigenvalue weighted by Gasteiger charge is -2.17. The van der Waals surface area contributed by atoms with Gasteiger partial charge in [-0.15, -0.1) is 0 Å². The fraction of sp³-hybridized carbons (Fsp3) is 0.786. The Morgan fingerprint density at radius 3 is 2.24 bits per heavy atom. The Bertz CT molecular complexity index is 382. The van der Waals surface area contributed by atoms with Crippen LogP contribution in [-0.2, 0) is 9.59 Å². The zero-order valence-electron chi connectivity index (χ0n) is 13.0. The first-order chi connectivity index (χ1) is 9.93. The fourth-order valence-corrected chi connectivity index (χ4v) is 1.63. The Labute approximate surface area is 125 Å². The highest BCUT2D eigenvalue weighted by molar-refractivity contribution is 5.86. The Balaban J connectivity index is 2.11. The standard InChI is InChI=1S/C14H26N4O3/c1-4-9(2)17-12(19)10(3)18-14(21)16-8-7-15-13(20)11-5-6-11/h9-11H,4-8H2,1-3H3,(H,15,20)(H,17,19)(H2,16,18,21)/t9-,10+/m0/s1. The van der Waals surface area contributed by atoms with Crippen molar-refractivity contribution in [2.45, 2.75) is 52.1 Å². The monoisotopic (exact) mass is 298 g/mol. The number of amides is 4. The predicted molar refractivity (Wildman–Crippen MR) is 79.6 cm³/mol. The molecule has 1 aliphatic rings. The van der Waals surface area contributed by atoms with Gasteiger partial charge in [-0.25, -0.2) is 4.79 Å². The number of carbonyl (C=O) groups excluding carboxylic acids is 3. The summed E-state index contributed by atoms with van der Waals surface area (Å²) in [5.74, 6) is 0.0168. The largest absolute Gasteiger partial charge is 0.354 e. The Kier molecular flexibility index (Phi) is 6.98. The van der Waals surface area contributed by atoms with E-state index in [9.17, 15) is 14.4 Å². The van der Waals surface area contributed by atoms with Crippen molar-refractivity contribution in [3.63, 3.8) is 0 Å². The van der Waals surface area contributed by atoms with Crippen LogP contribution in [0.15, 0.2) is 0 Å². The number of hydrogen-bond acceptors (Lipinski definition) is 3. The number of rotatable bonds is 8. The van der Waals surface area contributed by atoms with Crippen molar-refractivity contribution in [2.24, 2.45) is 5.92 Å². The first-order valence-corrected chi connectivity index (χ1v) is 7.56. The molecule has 0 aliphatic heterocycles. The third-order valence-electron chi connectivity index (χ3n) is 3.40. The van der Waals surface area contributed by atoms with Gasteiger partial charge in [-0.3, -0.25) is 9.59 Å². The maximum Gasteiger partial charge on any atom is 0.315 e. The van der Waals surface area contributed by atoms with E-state index in [-0.39, 0.29) is 23.8 Å². The van der Waals surface area contributed by atoms with Crippen molar-refractivity contribution in [1.29, 1.82) is 0 Å². The summed E-state index contributed by atoms with van der Waals surface area (Å²) in [6, 6.07) is -0.926. The molecule has 7 nitrogen and oxygen atoms in total. The van der Waals surface area contributed by atoms with Crippen molar-refractivity contribution in [3.8, 4) is 0 Å². The van der Waals surface area contributed by atoms with Gasteiger partial charge >= 0.3 is 6.03 Å². The van der Waals surface area contributed by atoms with E-state index in [1.165, 1.54) is 0 Å². The quantitative estimate of drug-likeness (QED) is 0.479. The minimum Gasteiger partial charge on any atom is -0.354 e. The maximum absolute atomic E-state index is 11.7. The predicted octanol–water partition coefficient (Wildman–Crippen LogP) is 0.115. The van der Waals surface area contributed by atoms with Gasteiger partial charge in [-0.1, -0.05) is 6.92 Å². The summed E-state index contributed by atoms with van der Waals surface area (Å²) in [5.41, 5.74) is 0. The first kappa shape index (κ1) is 17.3. The van der Waals surface area contributed by atoms with E-state index in [0.29, 0.717) is 13.1 Å². The lowest BCUT2D eigenvalue weighted by Crippen LogP contribution is -2.50. The molecule has 1 aliphatic carbocycles. The molecule has 2 atom stereocenters. The summed E-state index contributed by atoms with van der Waals surface area (Å²) in [6.07, 6.45) is 2.76. The number of carbonyl (C=O) groups is 3. The molecule has 0 aromatic rings. The molecule has 0 radical (unpaired) electrons. The summed E-state index contributed by atoms with van der Waals surface area (Å²) in [4.78, 5) is 34.7. The summed E-state index contributed by atoms with van der Waals surface area (Å²) >= 11 is 0. The molecule has 0 saturated heterocycles. The summed E-state index contributed by atoms with van der Waals surface area (Å²) in [5, 5.41) is 10.7. The molecule has 4 N–H and O–H groups in total. The van der Waals surface area contributed by atoms with E-state index in [1.807, 2.05) is 13.8 Å². The molecular formula is C14H26N4O3. The van der Waals surface area contributed by atoms with Crippen LogP contribution in [0.1, 0.15) is 40.0 Å². The van der Waals surface area contributed by atoms with Gasteiger partial charge in [0, 0.05) is 25.0 Å². The second kappa shape index (κ2) is 8.49. The van der Waals surface area contributed by atoms with Gasteiger partial charge in [0.05, 0.1) is 0 Å². The van der Waals surface area contributed by atoms with Crippen LogP contribution in [0.3, 0.4) is 0 Å². The van der Waals surface area contributed by atoms with Crippen molar-refractivity contribution < 1.29 is 14.4 Å². The molecule has 7 heteroatoms. The Morgan fingerprint density at radius 2 is 1.67 bits per heavy atom. The molecule has 0 heterocycles. The highest BCUT2D eigenvalue weighted by Gasteiger charge is 2.29. The second-order valence-corrected chi connectivity index (χ2v) is 5.51. The minimum atomic E-state index is -0.597. The molecule has 0 unspecified atom stereocenters. The van der Waals surface area contributed by atoms with Crippen LogP contribution < -0.4 is 21.3 Å². The first-order valence-electron chi connectivity index (χ1n) is 7.56. The lowest BCUT2D eigenvalue weighted by atomic mass is 10.2. The van der Waals surface area contributed by atoms with Crippen LogP contribution in [0.4, 0.5) is 4.79 Å². The zero-order valence-corrected chi connectivity index (χ0v) is 13.0. The summed E-state index contributed by atoms with van der Waals surface area (Å²) < 4.78 is 0. The molecule has 0 bridgehead atoms. The van der Waals surface area contributed by atoms with Gasteiger partial charge in [0.25, 0.3) is 0 Å². The number of nitrogens with one attached hydrogen (secondary N) is 4. The third kappa shape index (κ3) is 6.97. The van der Waals surface area contributed by atoms with Gasteiger partial charge in [0.1, 0.15) is 6.04 Å². The molecule has 0 aromatic heterocycles. The van der Waals surface area contributed by atoms with Crippen molar-refractivity contribution >= 4 is 17.8 Å². The topological polar surface area (TPSA) is 99.3 Å². The Hall–Kier alpha value is -1.79. The van der Waals surface area contributed by atoms with Gasteiger partial charge in [-0.2, -0.15) is 0 Å². The molecule has 1 rings (SSSR count). The van der Waals surface area contributed by atoms with E-state index in [0.717, 1.165) is 19.3 Å². The normalized spacial score (nSPS) is 16.5. The van der Waals surface area contributed by atoms with Crippen molar-refractivity contribution in [2.75, 3.05) is 13.1 Å². The van der Waals surface area contributed by atoms with Crippen LogP contribution in [0, 0.1) is 5.92 Å². The zero-order chi connectivity index (χ0) is 15.8. The van der Waals surface area contributed by atoms with Gasteiger partial charge in [0.2, 0.25) is 11.8 Å². The molecule has 120 valence electrons. The van der Waals surface area contributed by atoms with Crippen LogP contribution in [0.25, 0.3) is 0 Å². The molecule has 1 saturated carbocycles. The van der Waals surface area contributed by atoms with E-state index < -0.39 is 12.1 Å². The highest BCUT2D eigenvalue weighted by atomic mass is 16.2. The van der Waals surface area contributed by atoms with Crippen molar-refractivity contribution in [3.05, 3.63) is 0 Å². The van der Waals surface area contributed by atoms with Crippen LogP contribution in [0.2, 0.25) is 0 Å². The Morgan fingerprint density at radius 1 is 1.05 bits per heavy atom. The highest BCUT2D eigenvalue weighted by Crippen LogP contribution is 2.28. The van der Waals surface area contributed by atoms with Gasteiger partial charge in [-0.05, 0) is 33.1 Å². The third-order valence-corrected chi connectivity index (χ3v) is 3.40. The van der Waals surface area contributed by atoms with E-state index in [2.05, 4.69) is 21.3 Å². The summed E-state index contributed by atoms with van der Waals surface area (Å²) in [7, 11) is 0. The minimum absolute atomic E-state index is 0.0542. The molecular weight excluding hydrogens is 272 g/mol. The molecule has 1 fully saturated rings. The molecule has 4 amide bonds. The van der Waals surface area contributed by atoms with Crippen LogP contribution >= 0.6 is 0 Å². The van der Waals surface area contributed by atoms with Crippen LogP contribution in [0.5, 0.6) is 0 Å². The number of hydrogen-bond donors (Lipinski definition) is 4. The van der Waals surface area contributed by atoms with Gasteiger partial charge in [0.15, 0.2) is 0 Å². The molecule has 21 heavy (non-hydrogen) atoms. The van der Waals surface area contributed by atoms with Gasteiger partial charge < -0.3 is 21.3 Å². The molecule has 0 spiro atoms. The smallest absolute Gasteiger partial charge is 0.315 e. The maximum atomic E-state index is 11.7. The average molecular weight is 298 g/mol. The van der Waals surface area contributed by atoms with Crippen LogP contribution in [-0.4, -0.2) is 43.0 Å². The fourth-order valence-electron chi connectivity index (χ4n) is 1.63. The average Bonchev–Trinajstić information content (AvgIpc) is 3.27. The van der Waals surface area contributed by atoms with E-state index >= 15 is 0 Å². The summed E-state index contributed by atoms with van der Waals surface area (Å²) in [6.45, 7) is 6.26. The number of urea groups is 1. The lowest BCUT2D eigenvalue weighted by molar-refractivity contribution is -0.123. The van der Waals surface area contributed by atoms with E-state index in [1.54, 1.807) is 6.92 Å². The van der Waals surface area contributed by atoms with Crippen molar-refractivity contribution in [1.82, 2.24) is 21.3 Å². The molecule has 0 aromatic carbocycles. The van der Waals surface area contributed by atoms with E-state index in [4.69, 9.17) is 0 Å². The second-order valence-electron chi connectivity index (χ2n) is 5.51.